The number of carboxylic acids is 1. The topological polar surface area (TPSA) is 92.5 Å². The lowest BCUT2D eigenvalue weighted by Crippen LogP contribution is -2.40. The molecule has 1 fully saturated rings. The predicted molar refractivity (Wildman–Crippen MR) is 67.2 cm³/mol. The molecule has 1 aliphatic heterocycles. The Morgan fingerprint density at radius 2 is 2.26 bits per heavy atom. The molecule has 1 atom stereocenters. The Morgan fingerprint density at radius 3 is 2.79 bits per heavy atom. The summed E-state index contributed by atoms with van der Waals surface area (Å²) in [5, 5.41) is 13.2. The first kappa shape index (κ1) is 14.0. The predicted octanol–water partition coefficient (Wildman–Crippen LogP) is 0.449. The summed E-state index contributed by atoms with van der Waals surface area (Å²) in [6.45, 7) is 4.29. The Balaban J connectivity index is 2.41. The van der Waals surface area contributed by atoms with Crippen molar-refractivity contribution in [2.45, 2.75) is 44.2 Å². The van der Waals surface area contributed by atoms with E-state index < -0.39 is 22.0 Å². The Morgan fingerprint density at radius 1 is 1.58 bits per heavy atom. The first-order valence-corrected chi connectivity index (χ1v) is 7.60. The van der Waals surface area contributed by atoms with E-state index in [1.165, 1.54) is 10.9 Å². The quantitative estimate of drug-likeness (QED) is 0.868. The number of aliphatic carboxylic acids is 1. The molecule has 7 nitrogen and oxygen atoms in total. The minimum absolute atomic E-state index is 0.0995. The van der Waals surface area contributed by atoms with Crippen molar-refractivity contribution in [3.8, 4) is 0 Å². The number of nitrogens with zero attached hydrogens (tertiary/aromatic N) is 3. The van der Waals surface area contributed by atoms with Crippen LogP contribution in [0.3, 0.4) is 0 Å². The Labute approximate surface area is 111 Å². The highest BCUT2D eigenvalue weighted by Gasteiger charge is 2.40. The zero-order valence-electron chi connectivity index (χ0n) is 10.9. The number of carbonyl (C=O) groups is 1. The number of aromatic nitrogens is 2. The van der Waals surface area contributed by atoms with Gasteiger partial charge in [0.25, 0.3) is 0 Å². The molecule has 2 heterocycles. The Hall–Kier alpha value is -1.41. The highest BCUT2D eigenvalue weighted by molar-refractivity contribution is 7.89. The summed E-state index contributed by atoms with van der Waals surface area (Å²) in [6.07, 6.45) is 2.38. The highest BCUT2D eigenvalue weighted by atomic mass is 32.2. The van der Waals surface area contributed by atoms with E-state index in [4.69, 9.17) is 5.11 Å². The molecule has 1 saturated heterocycles. The van der Waals surface area contributed by atoms with E-state index in [1.54, 1.807) is 6.92 Å². The molecular formula is C11H17N3O4S. The van der Waals surface area contributed by atoms with Crippen LogP contribution in [0.4, 0.5) is 0 Å². The summed E-state index contributed by atoms with van der Waals surface area (Å²) in [5.74, 6) is -1.10. The van der Waals surface area contributed by atoms with Gasteiger partial charge >= 0.3 is 5.97 Å². The maximum atomic E-state index is 12.5. The van der Waals surface area contributed by atoms with Gasteiger partial charge in [-0.1, -0.05) is 0 Å². The first-order valence-electron chi connectivity index (χ1n) is 6.16. The van der Waals surface area contributed by atoms with E-state index in [2.05, 4.69) is 5.10 Å². The first-order chi connectivity index (χ1) is 8.87. The van der Waals surface area contributed by atoms with Gasteiger partial charge in [-0.15, -0.1) is 0 Å². The molecule has 0 radical (unpaired) electrons. The number of carboxylic acid groups (broad SMARTS) is 1. The van der Waals surface area contributed by atoms with E-state index in [0.717, 1.165) is 4.31 Å². The second kappa shape index (κ2) is 4.93. The summed E-state index contributed by atoms with van der Waals surface area (Å²) in [7, 11) is -3.78. The minimum Gasteiger partial charge on any atom is -0.480 e. The lowest BCUT2D eigenvalue weighted by Gasteiger charge is -2.20. The van der Waals surface area contributed by atoms with Crippen LogP contribution in [0.1, 0.15) is 25.5 Å². The normalized spacial score (nSPS) is 20.8. The average Bonchev–Trinajstić information content (AvgIpc) is 2.94. The Bertz CT molecular complexity index is 593. The van der Waals surface area contributed by atoms with Gasteiger partial charge < -0.3 is 5.11 Å². The van der Waals surface area contributed by atoms with Crippen molar-refractivity contribution in [2.75, 3.05) is 6.54 Å². The molecule has 0 spiro atoms. The largest absolute Gasteiger partial charge is 0.480 e. The van der Waals surface area contributed by atoms with Gasteiger partial charge in [0.15, 0.2) is 0 Å². The average molecular weight is 287 g/mol. The number of rotatable bonds is 4. The number of aryl methyl sites for hydroxylation is 2. The smallest absolute Gasteiger partial charge is 0.322 e. The van der Waals surface area contributed by atoms with Crippen molar-refractivity contribution in [3.63, 3.8) is 0 Å². The number of hydrogen-bond donors (Lipinski definition) is 1. The van der Waals surface area contributed by atoms with Gasteiger partial charge in [-0.2, -0.15) is 9.40 Å². The van der Waals surface area contributed by atoms with E-state index >= 15 is 0 Å². The van der Waals surface area contributed by atoms with Gasteiger partial charge in [0.2, 0.25) is 10.0 Å². The van der Waals surface area contributed by atoms with Crippen LogP contribution in [-0.2, 0) is 21.4 Å². The molecule has 0 aliphatic carbocycles. The Kier molecular flexibility index (Phi) is 3.64. The molecule has 1 aromatic rings. The fourth-order valence-electron chi connectivity index (χ4n) is 2.32. The van der Waals surface area contributed by atoms with Crippen molar-refractivity contribution >= 4 is 16.0 Å². The lowest BCUT2D eigenvalue weighted by molar-refractivity contribution is -0.140. The molecular weight excluding hydrogens is 270 g/mol. The molecule has 0 unspecified atom stereocenters. The van der Waals surface area contributed by atoms with E-state index in [0.29, 0.717) is 25.1 Å². The number of sulfonamides is 1. The van der Waals surface area contributed by atoms with Crippen LogP contribution >= 0.6 is 0 Å². The fraction of sp³-hybridized carbons (Fsp3) is 0.636. The summed E-state index contributed by atoms with van der Waals surface area (Å²) in [4.78, 5) is 11.2. The molecule has 0 bridgehead atoms. The monoisotopic (exact) mass is 287 g/mol. The molecule has 106 valence electrons. The van der Waals surface area contributed by atoms with Gasteiger partial charge in [-0.3, -0.25) is 9.48 Å². The van der Waals surface area contributed by atoms with Crippen molar-refractivity contribution < 1.29 is 18.3 Å². The van der Waals surface area contributed by atoms with Crippen molar-refractivity contribution in [1.82, 2.24) is 14.1 Å². The molecule has 1 aliphatic rings. The summed E-state index contributed by atoms with van der Waals surface area (Å²) in [5.41, 5.74) is 0.401. The van der Waals surface area contributed by atoms with Crippen LogP contribution in [0, 0.1) is 6.92 Å². The summed E-state index contributed by atoms with van der Waals surface area (Å²) < 4.78 is 27.6. The third kappa shape index (κ3) is 2.37. The number of hydrogen-bond acceptors (Lipinski definition) is 4. The molecule has 1 N–H and O–H groups in total. The highest BCUT2D eigenvalue weighted by Crippen LogP contribution is 2.27. The van der Waals surface area contributed by atoms with Gasteiger partial charge in [0.1, 0.15) is 10.9 Å². The maximum absolute atomic E-state index is 12.5. The SMILES string of the molecule is CCn1cc(S(=O)(=O)N2CCC[C@@H]2C(=O)O)c(C)n1. The van der Waals surface area contributed by atoms with Crippen LogP contribution in [0.2, 0.25) is 0 Å². The molecule has 0 amide bonds. The molecule has 19 heavy (non-hydrogen) atoms. The molecule has 0 aromatic carbocycles. The third-order valence-corrected chi connectivity index (χ3v) is 5.31. The van der Waals surface area contributed by atoms with E-state index in [1.807, 2.05) is 6.92 Å². The van der Waals surface area contributed by atoms with Crippen molar-refractivity contribution in [1.29, 1.82) is 0 Å². The summed E-state index contributed by atoms with van der Waals surface area (Å²) in [6, 6.07) is -0.964. The second-order valence-electron chi connectivity index (χ2n) is 4.55. The second-order valence-corrected chi connectivity index (χ2v) is 6.41. The van der Waals surface area contributed by atoms with Crippen LogP contribution in [0.25, 0.3) is 0 Å². The van der Waals surface area contributed by atoms with Crippen LogP contribution in [-0.4, -0.2) is 46.2 Å². The van der Waals surface area contributed by atoms with Gasteiger partial charge in [-0.05, 0) is 26.7 Å². The summed E-state index contributed by atoms with van der Waals surface area (Å²) >= 11 is 0. The maximum Gasteiger partial charge on any atom is 0.322 e. The van der Waals surface area contributed by atoms with Crippen LogP contribution < -0.4 is 0 Å². The van der Waals surface area contributed by atoms with Crippen molar-refractivity contribution in [2.24, 2.45) is 0 Å². The van der Waals surface area contributed by atoms with Crippen LogP contribution in [0.5, 0.6) is 0 Å². The third-order valence-electron chi connectivity index (χ3n) is 3.30. The van der Waals surface area contributed by atoms with Crippen molar-refractivity contribution in [3.05, 3.63) is 11.9 Å². The zero-order valence-corrected chi connectivity index (χ0v) is 11.7. The molecule has 2 rings (SSSR count). The van der Waals surface area contributed by atoms with Crippen LogP contribution in [0.15, 0.2) is 11.1 Å². The zero-order chi connectivity index (χ0) is 14.2. The van der Waals surface area contributed by atoms with Gasteiger partial charge in [0, 0.05) is 19.3 Å². The van der Waals surface area contributed by atoms with Gasteiger partial charge in [-0.25, -0.2) is 8.42 Å². The fourth-order valence-corrected chi connectivity index (χ4v) is 4.14. The standard InChI is InChI=1S/C11H17N3O4S/c1-3-13-7-10(8(2)12-13)19(17,18)14-6-4-5-9(14)11(15)16/h7,9H,3-6H2,1-2H3,(H,15,16)/t9-/m1/s1. The lowest BCUT2D eigenvalue weighted by atomic mass is 10.2. The molecule has 0 saturated carbocycles. The molecule has 1 aromatic heterocycles. The molecule has 8 heteroatoms. The van der Waals surface area contributed by atoms with E-state index in [9.17, 15) is 13.2 Å². The minimum atomic E-state index is -3.78. The van der Waals surface area contributed by atoms with Gasteiger partial charge in [0.05, 0.1) is 5.69 Å². The van der Waals surface area contributed by atoms with E-state index in [-0.39, 0.29) is 11.4 Å².